The van der Waals surface area contributed by atoms with Crippen LogP contribution in [0.3, 0.4) is 0 Å². The van der Waals surface area contributed by atoms with E-state index in [1.807, 2.05) is 19.1 Å². The van der Waals surface area contributed by atoms with Gasteiger partial charge in [0.1, 0.15) is 11.5 Å². The first-order valence-electron chi connectivity index (χ1n) is 6.14. The summed E-state index contributed by atoms with van der Waals surface area (Å²) in [7, 11) is 0. The molecule has 0 aromatic heterocycles. The Hall–Kier alpha value is -0.300. The summed E-state index contributed by atoms with van der Waals surface area (Å²) in [5.41, 5.74) is 1.49. The summed E-state index contributed by atoms with van der Waals surface area (Å²) < 4.78 is 8.36. The van der Waals surface area contributed by atoms with Crippen LogP contribution in [0.5, 0.6) is 17.2 Å². The number of carbonyl (C=O) groups is 1. The third kappa shape index (κ3) is 4.37. The molecule has 4 nitrogen and oxygen atoms in total. The van der Waals surface area contributed by atoms with Crippen LogP contribution in [0.2, 0.25) is 0 Å². The van der Waals surface area contributed by atoms with Crippen LogP contribution >= 0.6 is 67.8 Å². The second-order valence-corrected chi connectivity index (χ2v) is 8.12. The van der Waals surface area contributed by atoms with E-state index in [2.05, 4.69) is 67.8 Å². The molecular weight excluding hydrogens is 625 g/mol. The largest absolute Gasteiger partial charge is 0.507 e. The Labute approximate surface area is 168 Å². The number of phenolic OH excluding ortho intramolecular Hbond substituents is 1. The van der Waals surface area contributed by atoms with E-state index in [4.69, 9.17) is 9.84 Å². The van der Waals surface area contributed by atoms with Gasteiger partial charge in [-0.2, -0.15) is 0 Å². The molecule has 0 atom stereocenters. The van der Waals surface area contributed by atoms with E-state index in [0.717, 1.165) is 21.8 Å². The molecule has 0 saturated heterocycles. The average Bonchev–Trinajstić information content (AvgIpc) is 2.39. The number of benzene rings is 2. The van der Waals surface area contributed by atoms with Crippen molar-refractivity contribution in [1.82, 2.24) is 0 Å². The summed E-state index contributed by atoms with van der Waals surface area (Å²) in [6.45, 7) is 1.82. The third-order valence-corrected chi connectivity index (χ3v) is 5.29. The fourth-order valence-electron chi connectivity index (χ4n) is 1.87. The highest BCUT2D eigenvalue weighted by atomic mass is 127. The molecule has 22 heavy (non-hydrogen) atoms. The second-order valence-electron chi connectivity index (χ2n) is 4.63. The van der Waals surface area contributed by atoms with Crippen LogP contribution in [-0.4, -0.2) is 16.2 Å². The van der Waals surface area contributed by atoms with E-state index in [0.29, 0.717) is 11.5 Å². The molecule has 2 aromatic carbocycles. The van der Waals surface area contributed by atoms with Gasteiger partial charge in [0.15, 0.2) is 5.75 Å². The quantitative estimate of drug-likeness (QED) is 0.468. The molecule has 2 aromatic rings. The second kappa shape index (κ2) is 7.51. The number of aliphatic carboxylic acids is 1. The van der Waals surface area contributed by atoms with E-state index in [1.54, 1.807) is 12.1 Å². The Morgan fingerprint density at radius 3 is 2.18 bits per heavy atom. The van der Waals surface area contributed by atoms with Crippen molar-refractivity contribution in [3.05, 3.63) is 46.1 Å². The van der Waals surface area contributed by atoms with Gasteiger partial charge in [0, 0.05) is 0 Å². The maximum absolute atomic E-state index is 10.8. The van der Waals surface area contributed by atoms with Gasteiger partial charge < -0.3 is 14.9 Å². The van der Waals surface area contributed by atoms with E-state index in [9.17, 15) is 9.90 Å². The van der Waals surface area contributed by atoms with Crippen LogP contribution in [0.4, 0.5) is 0 Å². The van der Waals surface area contributed by atoms with Gasteiger partial charge in [-0.1, -0.05) is 0 Å². The number of aryl methyl sites for hydroxylation is 1. The van der Waals surface area contributed by atoms with Gasteiger partial charge in [-0.05, 0) is 110 Å². The van der Waals surface area contributed by atoms with Gasteiger partial charge in [0.2, 0.25) is 0 Å². The van der Waals surface area contributed by atoms with Crippen molar-refractivity contribution in [1.29, 1.82) is 0 Å². The Morgan fingerprint density at radius 1 is 1.09 bits per heavy atom. The molecule has 2 rings (SSSR count). The van der Waals surface area contributed by atoms with Gasteiger partial charge in [0.05, 0.1) is 17.1 Å². The predicted octanol–water partition coefficient (Wildman–Crippen LogP) is 4.93. The molecule has 0 amide bonds. The molecule has 0 unspecified atom stereocenters. The maximum Gasteiger partial charge on any atom is 0.307 e. The van der Waals surface area contributed by atoms with Crippen molar-refractivity contribution in [2.75, 3.05) is 0 Å². The van der Waals surface area contributed by atoms with Crippen LogP contribution in [0.1, 0.15) is 11.1 Å². The van der Waals surface area contributed by atoms with E-state index in [-0.39, 0.29) is 12.2 Å². The van der Waals surface area contributed by atoms with Gasteiger partial charge in [-0.25, -0.2) is 0 Å². The van der Waals surface area contributed by atoms with Gasteiger partial charge in [0.25, 0.3) is 0 Å². The van der Waals surface area contributed by atoms with Crippen molar-refractivity contribution >= 4 is 73.7 Å². The molecular formula is C15H11I3O4. The van der Waals surface area contributed by atoms with Crippen molar-refractivity contribution in [2.24, 2.45) is 0 Å². The highest BCUT2D eigenvalue weighted by Crippen LogP contribution is 2.36. The van der Waals surface area contributed by atoms with Crippen molar-refractivity contribution in [3.63, 3.8) is 0 Å². The molecule has 0 aliphatic carbocycles. The number of hydrogen-bond donors (Lipinski definition) is 2. The zero-order valence-electron chi connectivity index (χ0n) is 11.4. The predicted molar refractivity (Wildman–Crippen MR) is 109 cm³/mol. The summed E-state index contributed by atoms with van der Waals surface area (Å²) in [5, 5.41) is 18.7. The molecule has 0 fully saturated rings. The number of phenols is 1. The highest BCUT2D eigenvalue weighted by molar-refractivity contribution is 14.1. The smallest absolute Gasteiger partial charge is 0.307 e. The lowest BCUT2D eigenvalue weighted by Crippen LogP contribution is -2.02. The normalized spacial score (nSPS) is 10.5. The lowest BCUT2D eigenvalue weighted by molar-refractivity contribution is -0.136. The molecule has 2 N–H and O–H groups in total. The maximum atomic E-state index is 10.8. The molecule has 7 heteroatoms. The van der Waals surface area contributed by atoms with Crippen LogP contribution < -0.4 is 4.74 Å². The first kappa shape index (κ1) is 18.0. The Balaban J connectivity index is 2.36. The van der Waals surface area contributed by atoms with Gasteiger partial charge in [-0.3, -0.25) is 4.79 Å². The minimum atomic E-state index is -0.857. The fourth-order valence-corrected chi connectivity index (χ4v) is 4.72. The lowest BCUT2D eigenvalue weighted by atomic mass is 10.1. The first-order chi connectivity index (χ1) is 10.3. The molecule has 0 heterocycles. The van der Waals surface area contributed by atoms with Crippen LogP contribution in [0.15, 0.2) is 24.3 Å². The summed E-state index contributed by atoms with van der Waals surface area (Å²) in [4.78, 5) is 10.8. The summed E-state index contributed by atoms with van der Waals surface area (Å²) in [6, 6.07) is 7.16. The molecule has 0 bridgehead atoms. The van der Waals surface area contributed by atoms with Crippen molar-refractivity contribution in [2.45, 2.75) is 13.3 Å². The number of aromatic hydroxyl groups is 1. The topological polar surface area (TPSA) is 66.8 Å². The molecule has 0 spiro atoms. The zero-order valence-corrected chi connectivity index (χ0v) is 17.8. The number of hydrogen-bond acceptors (Lipinski definition) is 3. The first-order valence-corrected chi connectivity index (χ1v) is 9.38. The number of carboxylic acids is 1. The van der Waals surface area contributed by atoms with Gasteiger partial charge in [-0.15, -0.1) is 0 Å². The number of ether oxygens (including phenoxy) is 1. The van der Waals surface area contributed by atoms with Crippen LogP contribution in [0, 0.1) is 17.6 Å². The standard InChI is InChI=1S/C15H11I3O4/c1-7-2-9(6-10(16)14(7)21)22-15-11(17)3-8(4-12(15)18)5-13(19)20/h2-4,6,21H,5H2,1H3,(H,19,20). The minimum absolute atomic E-state index is 0.0114. The molecule has 116 valence electrons. The highest BCUT2D eigenvalue weighted by Gasteiger charge is 2.13. The van der Waals surface area contributed by atoms with Crippen LogP contribution in [-0.2, 0) is 11.2 Å². The minimum Gasteiger partial charge on any atom is -0.507 e. The van der Waals surface area contributed by atoms with Crippen LogP contribution in [0.25, 0.3) is 0 Å². The monoisotopic (exact) mass is 636 g/mol. The van der Waals surface area contributed by atoms with Crippen molar-refractivity contribution in [3.8, 4) is 17.2 Å². The molecule has 0 saturated carbocycles. The van der Waals surface area contributed by atoms with E-state index in [1.165, 1.54) is 0 Å². The summed E-state index contributed by atoms with van der Waals surface area (Å²) >= 11 is 6.33. The molecule has 0 radical (unpaired) electrons. The third-order valence-electron chi connectivity index (χ3n) is 2.86. The van der Waals surface area contributed by atoms with E-state index >= 15 is 0 Å². The molecule has 0 aliphatic heterocycles. The Bertz CT molecular complexity index is 698. The fraction of sp³-hybridized carbons (Fsp3) is 0.133. The average molecular weight is 636 g/mol. The lowest BCUT2D eigenvalue weighted by Gasteiger charge is -2.13. The summed E-state index contributed by atoms with van der Waals surface area (Å²) in [6.07, 6.45) is -0.0114. The number of halogens is 3. The SMILES string of the molecule is Cc1cc(Oc2c(I)cc(CC(=O)O)cc2I)cc(I)c1O. The summed E-state index contributed by atoms with van der Waals surface area (Å²) in [5.74, 6) is 0.732. The number of carboxylic acid groups (broad SMARTS) is 1. The Kier molecular flexibility index (Phi) is 6.16. The number of rotatable bonds is 4. The Morgan fingerprint density at radius 2 is 1.68 bits per heavy atom. The van der Waals surface area contributed by atoms with Gasteiger partial charge >= 0.3 is 5.97 Å². The van der Waals surface area contributed by atoms with Crippen molar-refractivity contribution < 1.29 is 19.7 Å². The van der Waals surface area contributed by atoms with E-state index < -0.39 is 5.97 Å². The molecule has 0 aliphatic rings. The zero-order chi connectivity index (χ0) is 16.4.